The number of hydrogen-bond donors (Lipinski definition) is 1. The van der Waals surface area contributed by atoms with E-state index in [4.69, 9.17) is 4.42 Å². The minimum atomic E-state index is -0.129. The molecule has 4 aromatic rings. The molecule has 0 unspecified atom stereocenters. The molecule has 0 aliphatic heterocycles. The first-order chi connectivity index (χ1) is 13.1. The average Bonchev–Trinajstić information content (AvgIpc) is 3.34. The lowest BCUT2D eigenvalue weighted by Crippen LogP contribution is -2.12. The number of nitrogens with one attached hydrogen (secondary N) is 1. The first-order valence-electron chi connectivity index (χ1n) is 8.43. The van der Waals surface area contributed by atoms with E-state index in [-0.39, 0.29) is 5.91 Å². The number of carbonyl (C=O) groups is 1. The minimum absolute atomic E-state index is 0.129. The van der Waals surface area contributed by atoms with Gasteiger partial charge in [-0.1, -0.05) is 12.1 Å². The van der Waals surface area contributed by atoms with Gasteiger partial charge in [0.25, 0.3) is 5.91 Å². The zero-order valence-corrected chi connectivity index (χ0v) is 15.7. The van der Waals surface area contributed by atoms with Crippen LogP contribution in [0.5, 0.6) is 0 Å². The number of amides is 1. The molecule has 134 valence electrons. The second-order valence-electron chi connectivity index (χ2n) is 6.20. The Morgan fingerprint density at radius 3 is 2.70 bits per heavy atom. The molecule has 1 N–H and O–H groups in total. The maximum absolute atomic E-state index is 12.5. The fourth-order valence-corrected chi connectivity index (χ4v) is 3.84. The molecule has 0 saturated carbocycles. The zero-order chi connectivity index (χ0) is 18.8. The van der Waals surface area contributed by atoms with Crippen LogP contribution in [0.2, 0.25) is 0 Å². The van der Waals surface area contributed by atoms with Gasteiger partial charge in [0, 0.05) is 28.4 Å². The van der Waals surface area contributed by atoms with Crippen LogP contribution in [0.1, 0.15) is 21.5 Å². The molecule has 6 heteroatoms. The minimum Gasteiger partial charge on any atom is -0.444 e. The molecule has 0 fully saturated rings. The molecule has 5 nitrogen and oxygen atoms in total. The number of nitrogens with zero attached hydrogens (tertiary/aromatic N) is 2. The van der Waals surface area contributed by atoms with E-state index in [9.17, 15) is 4.79 Å². The Balaban J connectivity index is 1.60. The van der Waals surface area contributed by atoms with Gasteiger partial charge in [0.1, 0.15) is 0 Å². The van der Waals surface area contributed by atoms with E-state index in [1.807, 2.05) is 25.1 Å². The average molecular weight is 375 g/mol. The largest absolute Gasteiger partial charge is 0.444 e. The Labute approximate surface area is 160 Å². The molecule has 0 bridgehead atoms. The number of carbonyl (C=O) groups excluding carboxylic acids is 1. The van der Waals surface area contributed by atoms with E-state index in [1.165, 1.54) is 6.39 Å². The van der Waals surface area contributed by atoms with Crippen molar-refractivity contribution in [3.05, 3.63) is 78.1 Å². The first-order valence-corrected chi connectivity index (χ1v) is 9.25. The zero-order valence-electron chi connectivity index (χ0n) is 14.9. The van der Waals surface area contributed by atoms with Crippen LogP contribution >= 0.6 is 11.3 Å². The van der Waals surface area contributed by atoms with E-state index in [2.05, 4.69) is 34.3 Å². The van der Waals surface area contributed by atoms with Gasteiger partial charge >= 0.3 is 0 Å². The molecule has 3 aromatic heterocycles. The van der Waals surface area contributed by atoms with Gasteiger partial charge in [0.15, 0.2) is 12.2 Å². The molecular weight excluding hydrogens is 358 g/mol. The molecule has 0 aliphatic carbocycles. The van der Waals surface area contributed by atoms with E-state index < -0.39 is 0 Å². The van der Waals surface area contributed by atoms with E-state index in [0.717, 1.165) is 37.9 Å². The molecule has 0 saturated heterocycles. The molecule has 0 radical (unpaired) electrons. The van der Waals surface area contributed by atoms with Crippen LogP contribution in [-0.2, 0) is 0 Å². The smallest absolute Gasteiger partial charge is 0.256 e. The summed E-state index contributed by atoms with van der Waals surface area (Å²) in [6, 6.07) is 11.8. The molecule has 0 aliphatic rings. The Bertz CT molecular complexity index is 1100. The van der Waals surface area contributed by atoms with E-state index in [1.54, 1.807) is 36.0 Å². The monoisotopic (exact) mass is 375 g/mol. The highest BCUT2D eigenvalue weighted by Crippen LogP contribution is 2.36. The second kappa shape index (κ2) is 7.17. The lowest BCUT2D eigenvalue weighted by Gasteiger charge is -2.06. The van der Waals surface area contributed by atoms with Gasteiger partial charge < -0.3 is 9.73 Å². The van der Waals surface area contributed by atoms with Crippen molar-refractivity contribution in [2.24, 2.45) is 0 Å². The number of benzene rings is 1. The van der Waals surface area contributed by atoms with Gasteiger partial charge in [-0.3, -0.25) is 9.78 Å². The molecule has 0 atom stereocenters. The second-order valence-corrected chi connectivity index (χ2v) is 7.29. The number of anilines is 1. The number of pyridine rings is 1. The maximum Gasteiger partial charge on any atom is 0.256 e. The van der Waals surface area contributed by atoms with Gasteiger partial charge in [-0.25, -0.2) is 4.98 Å². The van der Waals surface area contributed by atoms with Crippen LogP contribution in [0, 0.1) is 13.8 Å². The van der Waals surface area contributed by atoms with Crippen molar-refractivity contribution < 1.29 is 9.21 Å². The number of thiophene rings is 1. The van der Waals surface area contributed by atoms with E-state index >= 15 is 0 Å². The normalized spacial score (nSPS) is 10.7. The summed E-state index contributed by atoms with van der Waals surface area (Å²) in [7, 11) is 0. The van der Waals surface area contributed by atoms with Crippen molar-refractivity contribution in [3.63, 3.8) is 0 Å². The van der Waals surface area contributed by atoms with Gasteiger partial charge in [0.05, 0.1) is 11.2 Å². The predicted octanol–water partition coefficient (Wildman–Crippen LogP) is 5.33. The number of aryl methyl sites for hydroxylation is 2. The Morgan fingerprint density at radius 1 is 1.04 bits per heavy atom. The number of hydrogen-bond acceptors (Lipinski definition) is 5. The van der Waals surface area contributed by atoms with Gasteiger partial charge in [0.2, 0.25) is 0 Å². The third kappa shape index (κ3) is 3.52. The summed E-state index contributed by atoms with van der Waals surface area (Å²) in [5, 5.41) is 3.78. The van der Waals surface area contributed by atoms with Gasteiger partial charge in [-0.2, -0.15) is 0 Å². The summed E-state index contributed by atoms with van der Waals surface area (Å²) < 4.78 is 5.40. The fourth-order valence-electron chi connectivity index (χ4n) is 2.86. The molecule has 4 rings (SSSR count). The lowest BCUT2D eigenvalue weighted by molar-refractivity contribution is 0.102. The third-order valence-electron chi connectivity index (χ3n) is 4.33. The first kappa shape index (κ1) is 17.2. The Morgan fingerprint density at radius 2 is 1.93 bits per heavy atom. The quantitative estimate of drug-likeness (QED) is 0.523. The maximum atomic E-state index is 12.5. The Kier molecular flexibility index (Phi) is 4.56. The van der Waals surface area contributed by atoms with Crippen molar-refractivity contribution in [3.8, 4) is 21.8 Å². The fraction of sp³-hybridized carbons (Fsp3) is 0.0952. The SMILES string of the molecule is Cc1cnccc1C(=O)Nc1ccc(-c2cc(-c3cnco3)ccc2C)s1. The number of rotatable bonds is 4. The summed E-state index contributed by atoms with van der Waals surface area (Å²) in [4.78, 5) is 21.6. The van der Waals surface area contributed by atoms with Crippen molar-refractivity contribution in [1.82, 2.24) is 9.97 Å². The summed E-state index contributed by atoms with van der Waals surface area (Å²) in [5.74, 6) is 0.602. The van der Waals surface area contributed by atoms with Crippen molar-refractivity contribution in [2.45, 2.75) is 13.8 Å². The lowest BCUT2D eigenvalue weighted by atomic mass is 10.0. The summed E-state index contributed by atoms with van der Waals surface area (Å²) in [6.45, 7) is 3.94. The van der Waals surface area contributed by atoms with E-state index in [0.29, 0.717) is 5.56 Å². The van der Waals surface area contributed by atoms with Crippen molar-refractivity contribution in [2.75, 3.05) is 5.32 Å². The molecule has 3 heterocycles. The van der Waals surface area contributed by atoms with Crippen molar-refractivity contribution >= 4 is 22.2 Å². The highest BCUT2D eigenvalue weighted by molar-refractivity contribution is 7.19. The number of oxazole rings is 1. The molecule has 27 heavy (non-hydrogen) atoms. The van der Waals surface area contributed by atoms with Crippen LogP contribution in [0.4, 0.5) is 5.00 Å². The summed E-state index contributed by atoms with van der Waals surface area (Å²) in [6.07, 6.45) is 6.44. The van der Waals surface area contributed by atoms with Crippen LogP contribution in [-0.4, -0.2) is 15.9 Å². The van der Waals surface area contributed by atoms with Crippen LogP contribution < -0.4 is 5.32 Å². The summed E-state index contributed by atoms with van der Waals surface area (Å²) in [5.41, 5.74) is 4.71. The van der Waals surface area contributed by atoms with Crippen LogP contribution in [0.25, 0.3) is 21.8 Å². The third-order valence-corrected chi connectivity index (χ3v) is 5.36. The topological polar surface area (TPSA) is 68.0 Å². The van der Waals surface area contributed by atoms with Gasteiger partial charge in [-0.05, 0) is 54.8 Å². The standard InChI is InChI=1S/C21H17N3O2S/c1-13-3-4-15(18-11-23-12-26-18)9-17(13)19-5-6-20(27-19)24-21(25)16-7-8-22-10-14(16)2/h3-12H,1-2H3,(H,24,25). The highest BCUT2D eigenvalue weighted by atomic mass is 32.1. The molecule has 1 aromatic carbocycles. The Hall–Kier alpha value is -3.25. The number of aromatic nitrogens is 2. The molecule has 0 spiro atoms. The predicted molar refractivity (Wildman–Crippen MR) is 107 cm³/mol. The highest BCUT2D eigenvalue weighted by Gasteiger charge is 2.13. The molecular formula is C21H17N3O2S. The van der Waals surface area contributed by atoms with Gasteiger partial charge in [-0.15, -0.1) is 11.3 Å². The molecule has 1 amide bonds. The van der Waals surface area contributed by atoms with Crippen LogP contribution in [0.3, 0.4) is 0 Å². The van der Waals surface area contributed by atoms with Crippen LogP contribution in [0.15, 0.2) is 65.8 Å². The van der Waals surface area contributed by atoms with Crippen molar-refractivity contribution in [1.29, 1.82) is 0 Å². The summed E-state index contributed by atoms with van der Waals surface area (Å²) >= 11 is 1.54.